The summed E-state index contributed by atoms with van der Waals surface area (Å²) >= 11 is 0. The lowest BCUT2D eigenvalue weighted by atomic mass is 10.2. The second-order valence-electron chi connectivity index (χ2n) is 7.49. The Balaban J connectivity index is 1.28. The number of rotatable bonds is 8. The molecule has 4 rings (SSSR count). The molecule has 0 radical (unpaired) electrons. The summed E-state index contributed by atoms with van der Waals surface area (Å²) in [5, 5.41) is 18.1. The van der Waals surface area contributed by atoms with E-state index < -0.39 is 12.1 Å². The van der Waals surface area contributed by atoms with Gasteiger partial charge in [0.05, 0.1) is 5.52 Å². The number of aromatic nitrogens is 2. The van der Waals surface area contributed by atoms with Crippen LogP contribution in [-0.4, -0.2) is 45.3 Å². The molecule has 1 aliphatic rings. The Kier molecular flexibility index (Phi) is 6.20. The molecule has 0 aliphatic heterocycles. The van der Waals surface area contributed by atoms with Crippen molar-refractivity contribution in [1.82, 2.24) is 20.2 Å². The summed E-state index contributed by atoms with van der Waals surface area (Å²) in [4.78, 5) is 39.0. The Hall–Kier alpha value is -4.08. The summed E-state index contributed by atoms with van der Waals surface area (Å²) < 4.78 is 6.96. The number of ether oxygens (including phenoxy) is 1. The van der Waals surface area contributed by atoms with Gasteiger partial charge in [-0.2, -0.15) is 0 Å². The molecule has 0 unspecified atom stereocenters. The Morgan fingerprint density at radius 1 is 1.12 bits per heavy atom. The van der Waals surface area contributed by atoms with E-state index in [9.17, 15) is 19.5 Å². The van der Waals surface area contributed by atoms with Crippen LogP contribution in [0.3, 0.4) is 0 Å². The van der Waals surface area contributed by atoms with Crippen LogP contribution in [0.5, 0.6) is 11.5 Å². The normalized spacial score (nSPS) is 12.9. The van der Waals surface area contributed by atoms with Crippen molar-refractivity contribution in [3.05, 3.63) is 48.8 Å². The van der Waals surface area contributed by atoms with Gasteiger partial charge in [-0.1, -0.05) is 0 Å². The highest BCUT2D eigenvalue weighted by Crippen LogP contribution is 2.27. The zero-order valence-electron chi connectivity index (χ0n) is 17.2. The molecule has 166 valence electrons. The van der Waals surface area contributed by atoms with E-state index >= 15 is 0 Å². The topological polar surface area (TPSA) is 135 Å². The van der Waals surface area contributed by atoms with Crippen LogP contribution in [0.2, 0.25) is 0 Å². The third-order valence-corrected chi connectivity index (χ3v) is 4.89. The number of benzene rings is 1. The van der Waals surface area contributed by atoms with Crippen molar-refractivity contribution >= 4 is 34.8 Å². The molecular weight excluding hydrogens is 414 g/mol. The number of pyridine rings is 1. The molecule has 1 aliphatic carbocycles. The van der Waals surface area contributed by atoms with E-state index in [1.165, 1.54) is 12.4 Å². The predicted molar refractivity (Wildman–Crippen MR) is 117 cm³/mol. The zero-order chi connectivity index (χ0) is 22.5. The van der Waals surface area contributed by atoms with Crippen LogP contribution < -0.4 is 20.7 Å². The molecule has 1 aromatic carbocycles. The van der Waals surface area contributed by atoms with Gasteiger partial charge in [-0.15, -0.1) is 0 Å². The quantitative estimate of drug-likeness (QED) is 0.398. The molecule has 4 N–H and O–H groups in total. The average molecular weight is 437 g/mol. The fraction of sp³-hybridized carbons (Fsp3) is 0.273. The summed E-state index contributed by atoms with van der Waals surface area (Å²) in [5.41, 5.74) is 0.559. The Labute approximate surface area is 183 Å². The lowest BCUT2D eigenvalue weighted by Crippen LogP contribution is -2.31. The molecule has 0 spiro atoms. The van der Waals surface area contributed by atoms with E-state index in [1.54, 1.807) is 36.4 Å². The molecule has 0 atom stereocenters. The van der Waals surface area contributed by atoms with E-state index in [1.807, 2.05) is 0 Å². The average Bonchev–Trinajstić information content (AvgIpc) is 3.46. The van der Waals surface area contributed by atoms with E-state index in [4.69, 9.17) is 4.74 Å². The van der Waals surface area contributed by atoms with Crippen LogP contribution >= 0.6 is 0 Å². The van der Waals surface area contributed by atoms with E-state index in [-0.39, 0.29) is 5.91 Å². The number of carboxylic acid groups (broad SMARTS) is 1. The Morgan fingerprint density at radius 2 is 1.94 bits per heavy atom. The number of amides is 3. The van der Waals surface area contributed by atoms with Crippen LogP contribution in [0, 0.1) is 0 Å². The number of anilines is 1. The maximum absolute atomic E-state index is 12.1. The van der Waals surface area contributed by atoms with Gasteiger partial charge in [-0.05, 0) is 49.6 Å². The predicted octanol–water partition coefficient (Wildman–Crippen LogP) is 3.54. The van der Waals surface area contributed by atoms with E-state index in [0.29, 0.717) is 48.3 Å². The minimum atomic E-state index is -1.06. The zero-order valence-corrected chi connectivity index (χ0v) is 17.2. The molecule has 3 amide bonds. The van der Waals surface area contributed by atoms with Crippen LogP contribution in [0.4, 0.5) is 15.4 Å². The summed E-state index contributed by atoms with van der Waals surface area (Å²) in [6, 6.07) is 9.90. The first kappa shape index (κ1) is 21.2. The lowest BCUT2D eigenvalue weighted by molar-refractivity contribution is -0.121. The van der Waals surface area contributed by atoms with Gasteiger partial charge in [0.25, 0.3) is 0 Å². The van der Waals surface area contributed by atoms with Crippen molar-refractivity contribution in [3.8, 4) is 11.5 Å². The highest BCUT2D eigenvalue weighted by atomic mass is 16.5. The minimum Gasteiger partial charge on any atom is -0.464 e. The highest BCUT2D eigenvalue weighted by Gasteiger charge is 2.22. The first-order valence-corrected chi connectivity index (χ1v) is 10.3. The largest absolute Gasteiger partial charge is 0.464 e. The molecule has 1 saturated carbocycles. The molecule has 2 heterocycles. The number of urea groups is 1. The summed E-state index contributed by atoms with van der Waals surface area (Å²) in [7, 11) is 0. The number of hydrogen-bond donors (Lipinski definition) is 4. The Morgan fingerprint density at radius 3 is 2.72 bits per heavy atom. The van der Waals surface area contributed by atoms with Gasteiger partial charge in [0, 0.05) is 42.9 Å². The number of nitrogens with one attached hydrogen (secondary N) is 3. The van der Waals surface area contributed by atoms with Crippen LogP contribution in [-0.2, 0) is 4.79 Å². The molecule has 10 nitrogen and oxygen atoms in total. The van der Waals surface area contributed by atoms with Gasteiger partial charge in [0.15, 0.2) is 0 Å². The SMILES string of the molecule is O=C(CCCNC(=O)Nc1cc(Oc2ccc3c(ccn3C(=O)O)c2)ccn1)NC1CC1. The van der Waals surface area contributed by atoms with Gasteiger partial charge in [0.2, 0.25) is 5.91 Å². The smallest absolute Gasteiger partial charge is 0.415 e. The summed E-state index contributed by atoms with van der Waals surface area (Å²) in [5.74, 6) is 1.30. The van der Waals surface area contributed by atoms with Gasteiger partial charge in [0.1, 0.15) is 17.3 Å². The highest BCUT2D eigenvalue weighted by molar-refractivity contribution is 5.90. The van der Waals surface area contributed by atoms with Crippen molar-refractivity contribution in [2.24, 2.45) is 0 Å². The molecule has 10 heteroatoms. The van der Waals surface area contributed by atoms with Gasteiger partial charge in [-0.25, -0.2) is 14.6 Å². The number of nitrogens with zero attached hydrogens (tertiary/aromatic N) is 2. The number of carbonyl (C=O) groups excluding carboxylic acids is 2. The first-order valence-electron chi connectivity index (χ1n) is 10.3. The van der Waals surface area contributed by atoms with Crippen molar-refractivity contribution < 1.29 is 24.2 Å². The number of carbonyl (C=O) groups is 3. The maximum atomic E-state index is 12.1. The molecule has 0 saturated heterocycles. The summed E-state index contributed by atoms with van der Waals surface area (Å²) in [6.45, 7) is 0.371. The van der Waals surface area contributed by atoms with Gasteiger partial charge < -0.3 is 20.5 Å². The fourth-order valence-electron chi connectivity index (χ4n) is 3.17. The molecule has 0 bridgehead atoms. The summed E-state index contributed by atoms with van der Waals surface area (Å²) in [6.07, 6.45) is 4.95. The standard InChI is InChI=1S/C22H23N5O5/c28-20(25-15-3-4-15)2-1-9-24-21(29)26-19-13-17(7-10-23-19)32-16-5-6-18-14(12-16)8-11-27(18)22(30)31/h5-8,10-13,15H,1-4,9H2,(H,25,28)(H,30,31)(H2,23,24,26,29). The number of fused-ring (bicyclic) bond motifs is 1. The second-order valence-corrected chi connectivity index (χ2v) is 7.49. The molecule has 1 fully saturated rings. The second kappa shape index (κ2) is 9.38. The van der Waals surface area contributed by atoms with Crippen molar-refractivity contribution in [2.45, 2.75) is 31.7 Å². The maximum Gasteiger partial charge on any atom is 0.415 e. The van der Waals surface area contributed by atoms with Crippen LogP contribution in [0.15, 0.2) is 48.8 Å². The van der Waals surface area contributed by atoms with Gasteiger partial charge in [-0.3, -0.25) is 14.7 Å². The van der Waals surface area contributed by atoms with Crippen molar-refractivity contribution in [1.29, 1.82) is 0 Å². The third-order valence-electron chi connectivity index (χ3n) is 4.89. The molecule has 2 aromatic heterocycles. The molecular formula is C22H23N5O5. The van der Waals surface area contributed by atoms with E-state index in [2.05, 4.69) is 20.9 Å². The Bertz CT molecular complexity index is 1150. The van der Waals surface area contributed by atoms with Gasteiger partial charge >= 0.3 is 12.1 Å². The lowest BCUT2D eigenvalue weighted by Gasteiger charge is -2.10. The van der Waals surface area contributed by atoms with Crippen LogP contribution in [0.1, 0.15) is 25.7 Å². The van der Waals surface area contributed by atoms with E-state index in [0.717, 1.165) is 22.8 Å². The third kappa shape index (κ3) is 5.54. The van der Waals surface area contributed by atoms with Crippen molar-refractivity contribution in [2.75, 3.05) is 11.9 Å². The fourth-order valence-corrected chi connectivity index (χ4v) is 3.17. The number of hydrogen-bond acceptors (Lipinski definition) is 5. The molecule has 3 aromatic rings. The monoisotopic (exact) mass is 437 g/mol. The first-order chi connectivity index (χ1) is 15.5. The van der Waals surface area contributed by atoms with Crippen molar-refractivity contribution in [3.63, 3.8) is 0 Å². The van der Waals surface area contributed by atoms with Crippen LogP contribution in [0.25, 0.3) is 10.9 Å². The minimum absolute atomic E-state index is 0.0129. The molecule has 32 heavy (non-hydrogen) atoms.